The monoisotopic (exact) mass is 467 g/mol. The fourth-order valence-corrected chi connectivity index (χ4v) is 2.94. The first-order valence-corrected chi connectivity index (χ1v) is 10.1. The molecule has 2 aromatic rings. The van der Waals surface area contributed by atoms with Gasteiger partial charge in [-0.3, -0.25) is 4.79 Å². The minimum absolute atomic E-state index is 0.117. The molecule has 2 rings (SSSR count). The molecule has 3 amide bonds. The lowest BCUT2D eigenvalue weighted by Gasteiger charge is -2.18. The average Bonchev–Trinajstić information content (AvgIpc) is 2.65. The van der Waals surface area contributed by atoms with Crippen molar-refractivity contribution in [1.82, 2.24) is 10.6 Å². The minimum atomic E-state index is -0.667. The number of hydrogen-bond donors (Lipinski definition) is 3. The van der Waals surface area contributed by atoms with Crippen LogP contribution in [0.3, 0.4) is 0 Å². The molecule has 0 fully saturated rings. The third-order valence-corrected chi connectivity index (χ3v) is 4.73. The van der Waals surface area contributed by atoms with E-state index in [0.717, 1.165) is 28.6 Å². The highest BCUT2D eigenvalue weighted by Crippen LogP contribution is 2.20. The average molecular weight is 469 g/mol. The zero-order valence-electron chi connectivity index (χ0n) is 15.3. The second kappa shape index (κ2) is 11.6. The standard InChI is InChI=1S/C20H23BrClN3O3/c21-15-5-3-14(4-6-15)18(25-20(23)27)13-19(26)24-11-1-2-12-28-17-9-7-16(22)8-10-17/h3-10,18H,1-2,11-13H2,(H,24,26)(H3,23,25,27)/t18-/m0/s1. The van der Waals surface area contributed by atoms with Crippen molar-refractivity contribution < 1.29 is 14.3 Å². The number of primary amides is 1. The van der Waals surface area contributed by atoms with Gasteiger partial charge in [0, 0.05) is 16.0 Å². The summed E-state index contributed by atoms with van der Waals surface area (Å²) in [6, 6.07) is 13.4. The lowest BCUT2D eigenvalue weighted by molar-refractivity contribution is -0.121. The van der Waals surface area contributed by atoms with E-state index in [2.05, 4.69) is 26.6 Å². The molecule has 0 aliphatic carbocycles. The SMILES string of the molecule is NC(=O)N[C@@H](CC(=O)NCCCCOc1ccc(Cl)cc1)c1ccc(Br)cc1. The zero-order valence-corrected chi connectivity index (χ0v) is 17.6. The molecule has 0 bridgehead atoms. The van der Waals surface area contributed by atoms with E-state index in [1.165, 1.54) is 0 Å². The molecule has 0 unspecified atom stereocenters. The Morgan fingerprint density at radius 1 is 1.07 bits per heavy atom. The van der Waals surface area contributed by atoms with Crippen LogP contribution in [0.1, 0.15) is 30.9 Å². The van der Waals surface area contributed by atoms with Crippen LogP contribution in [-0.2, 0) is 4.79 Å². The van der Waals surface area contributed by atoms with Crippen LogP contribution in [0.2, 0.25) is 5.02 Å². The van der Waals surface area contributed by atoms with Crippen molar-refractivity contribution in [2.24, 2.45) is 5.73 Å². The smallest absolute Gasteiger partial charge is 0.312 e. The number of amides is 3. The fourth-order valence-electron chi connectivity index (χ4n) is 2.55. The number of carbonyl (C=O) groups is 2. The summed E-state index contributed by atoms with van der Waals surface area (Å²) in [5.74, 6) is 0.614. The Morgan fingerprint density at radius 3 is 2.39 bits per heavy atom. The van der Waals surface area contributed by atoms with Gasteiger partial charge in [0.15, 0.2) is 0 Å². The second-order valence-electron chi connectivity index (χ2n) is 6.18. The molecule has 0 aromatic heterocycles. The summed E-state index contributed by atoms with van der Waals surface area (Å²) in [5, 5.41) is 6.14. The van der Waals surface area contributed by atoms with Gasteiger partial charge in [-0.25, -0.2) is 4.79 Å². The van der Waals surface area contributed by atoms with E-state index in [4.69, 9.17) is 22.1 Å². The fraction of sp³-hybridized carbons (Fsp3) is 0.300. The topological polar surface area (TPSA) is 93.5 Å². The van der Waals surface area contributed by atoms with Crippen LogP contribution in [0.25, 0.3) is 0 Å². The molecule has 2 aromatic carbocycles. The Balaban J connectivity index is 1.69. The number of nitrogens with one attached hydrogen (secondary N) is 2. The molecular weight excluding hydrogens is 446 g/mol. The maximum Gasteiger partial charge on any atom is 0.312 e. The zero-order chi connectivity index (χ0) is 20.4. The third kappa shape index (κ3) is 8.19. The number of rotatable bonds is 10. The number of carbonyl (C=O) groups excluding carboxylic acids is 2. The van der Waals surface area contributed by atoms with Gasteiger partial charge in [0.1, 0.15) is 5.75 Å². The van der Waals surface area contributed by atoms with Crippen molar-refractivity contribution in [1.29, 1.82) is 0 Å². The van der Waals surface area contributed by atoms with Crippen LogP contribution in [0, 0.1) is 0 Å². The van der Waals surface area contributed by atoms with Crippen molar-refractivity contribution in [2.45, 2.75) is 25.3 Å². The number of ether oxygens (including phenoxy) is 1. The van der Waals surface area contributed by atoms with Gasteiger partial charge in [-0.1, -0.05) is 39.7 Å². The number of nitrogens with two attached hydrogens (primary N) is 1. The molecule has 6 nitrogen and oxygen atoms in total. The molecule has 0 aliphatic rings. The maximum atomic E-state index is 12.2. The summed E-state index contributed by atoms with van der Waals surface area (Å²) in [5.41, 5.74) is 6.05. The van der Waals surface area contributed by atoms with Crippen molar-refractivity contribution in [3.05, 3.63) is 63.6 Å². The number of urea groups is 1. The molecule has 0 aliphatic heterocycles. The molecule has 4 N–H and O–H groups in total. The first kappa shape index (κ1) is 22.0. The van der Waals surface area contributed by atoms with Crippen molar-refractivity contribution in [2.75, 3.05) is 13.2 Å². The predicted octanol–water partition coefficient (Wildman–Crippen LogP) is 4.18. The van der Waals surface area contributed by atoms with Gasteiger partial charge in [-0.15, -0.1) is 0 Å². The highest BCUT2D eigenvalue weighted by atomic mass is 79.9. The van der Waals surface area contributed by atoms with E-state index in [-0.39, 0.29) is 12.3 Å². The van der Waals surface area contributed by atoms with Crippen LogP contribution in [0.4, 0.5) is 4.79 Å². The van der Waals surface area contributed by atoms with Gasteiger partial charge in [-0.2, -0.15) is 0 Å². The van der Waals surface area contributed by atoms with Crippen LogP contribution in [0.5, 0.6) is 5.75 Å². The van der Waals surface area contributed by atoms with Crippen LogP contribution in [-0.4, -0.2) is 25.1 Å². The van der Waals surface area contributed by atoms with Crippen LogP contribution in [0.15, 0.2) is 53.0 Å². The summed E-state index contributed by atoms with van der Waals surface area (Å²) in [6.45, 7) is 1.09. The largest absolute Gasteiger partial charge is 0.494 e. The van der Waals surface area contributed by atoms with E-state index < -0.39 is 12.1 Å². The third-order valence-electron chi connectivity index (χ3n) is 3.95. The summed E-state index contributed by atoms with van der Waals surface area (Å²) in [6.07, 6.45) is 1.70. The molecule has 8 heteroatoms. The summed E-state index contributed by atoms with van der Waals surface area (Å²) in [7, 11) is 0. The van der Waals surface area contributed by atoms with Crippen molar-refractivity contribution >= 4 is 39.5 Å². The Labute approximate surface area is 177 Å². The molecule has 1 atom stereocenters. The van der Waals surface area contributed by atoms with Gasteiger partial charge in [0.05, 0.1) is 19.1 Å². The van der Waals surface area contributed by atoms with Gasteiger partial charge < -0.3 is 21.1 Å². The maximum absolute atomic E-state index is 12.2. The lowest BCUT2D eigenvalue weighted by Crippen LogP contribution is -2.36. The van der Waals surface area contributed by atoms with Gasteiger partial charge >= 0.3 is 6.03 Å². The summed E-state index contributed by atoms with van der Waals surface area (Å²) >= 11 is 9.19. The number of hydrogen-bond acceptors (Lipinski definition) is 3. The Kier molecular flexibility index (Phi) is 9.10. The first-order valence-electron chi connectivity index (χ1n) is 8.90. The highest BCUT2D eigenvalue weighted by Gasteiger charge is 2.17. The summed E-state index contributed by atoms with van der Waals surface area (Å²) in [4.78, 5) is 23.5. The molecule has 28 heavy (non-hydrogen) atoms. The molecule has 0 saturated carbocycles. The normalized spacial score (nSPS) is 11.5. The quantitative estimate of drug-likeness (QED) is 0.457. The molecule has 0 radical (unpaired) electrons. The Morgan fingerprint density at radius 2 is 1.75 bits per heavy atom. The Bertz CT molecular complexity index is 769. The lowest BCUT2D eigenvalue weighted by atomic mass is 10.0. The first-order chi connectivity index (χ1) is 13.4. The van der Waals surface area contributed by atoms with Crippen molar-refractivity contribution in [3.8, 4) is 5.75 Å². The molecular formula is C20H23BrClN3O3. The van der Waals surface area contributed by atoms with E-state index in [1.54, 1.807) is 12.1 Å². The van der Waals surface area contributed by atoms with Gasteiger partial charge in [0.2, 0.25) is 5.91 Å². The van der Waals surface area contributed by atoms with Gasteiger partial charge in [0.25, 0.3) is 0 Å². The second-order valence-corrected chi connectivity index (χ2v) is 7.53. The molecule has 150 valence electrons. The number of benzene rings is 2. The highest BCUT2D eigenvalue weighted by molar-refractivity contribution is 9.10. The van der Waals surface area contributed by atoms with Crippen molar-refractivity contribution in [3.63, 3.8) is 0 Å². The van der Waals surface area contributed by atoms with E-state index in [9.17, 15) is 9.59 Å². The van der Waals surface area contributed by atoms with Crippen LogP contribution < -0.4 is 21.1 Å². The van der Waals surface area contributed by atoms with E-state index in [0.29, 0.717) is 18.2 Å². The number of unbranched alkanes of at least 4 members (excludes halogenated alkanes) is 1. The van der Waals surface area contributed by atoms with Gasteiger partial charge in [-0.05, 0) is 54.8 Å². The molecule has 0 saturated heterocycles. The van der Waals surface area contributed by atoms with Crippen LogP contribution >= 0.6 is 27.5 Å². The Hall–Kier alpha value is -2.25. The van der Waals surface area contributed by atoms with E-state index >= 15 is 0 Å². The molecule has 0 heterocycles. The molecule has 0 spiro atoms. The number of halogens is 2. The summed E-state index contributed by atoms with van der Waals surface area (Å²) < 4.78 is 6.52. The minimum Gasteiger partial charge on any atom is -0.494 e. The van der Waals surface area contributed by atoms with E-state index in [1.807, 2.05) is 36.4 Å². The predicted molar refractivity (Wildman–Crippen MR) is 113 cm³/mol.